The number of amides is 1. The van der Waals surface area contributed by atoms with Crippen LogP contribution in [0.4, 0.5) is 0 Å². The molecule has 2 aromatic rings. The van der Waals surface area contributed by atoms with Crippen LogP contribution in [0.3, 0.4) is 0 Å². The van der Waals surface area contributed by atoms with E-state index >= 15 is 0 Å². The summed E-state index contributed by atoms with van der Waals surface area (Å²) in [5.74, 6) is -0.184. The van der Waals surface area contributed by atoms with Crippen LogP contribution in [-0.4, -0.2) is 11.2 Å². The molecule has 0 radical (unpaired) electrons. The van der Waals surface area contributed by atoms with Gasteiger partial charge in [-0.3, -0.25) is 4.79 Å². The van der Waals surface area contributed by atoms with Crippen LogP contribution in [0.15, 0.2) is 53.0 Å². The minimum atomic E-state index is -0.184. The van der Waals surface area contributed by atoms with Crippen LogP contribution < -0.4 is 5.32 Å². The number of hydrogen-bond donors (Lipinski definition) is 1. The lowest BCUT2D eigenvalue weighted by atomic mass is 10.1. The van der Waals surface area contributed by atoms with E-state index in [1.54, 1.807) is 18.2 Å². The van der Waals surface area contributed by atoms with Gasteiger partial charge in [-0.25, -0.2) is 0 Å². The summed E-state index contributed by atoms with van der Waals surface area (Å²) in [6.45, 7) is 0. The van der Waals surface area contributed by atoms with E-state index < -0.39 is 0 Å². The molecule has 2 rings (SSSR count). The van der Waals surface area contributed by atoms with Crippen molar-refractivity contribution in [3.05, 3.63) is 69.2 Å². The average Bonchev–Trinajstić information content (AvgIpc) is 2.45. The molecule has 0 heterocycles. The monoisotopic (exact) mass is 415 g/mol. The molecule has 0 fully saturated rings. The quantitative estimate of drug-likeness (QED) is 0.700. The van der Waals surface area contributed by atoms with Gasteiger partial charge in [0.1, 0.15) is 0 Å². The van der Waals surface area contributed by atoms with E-state index in [0.717, 1.165) is 10.0 Å². The van der Waals surface area contributed by atoms with Crippen LogP contribution in [0, 0.1) is 0 Å². The Morgan fingerprint density at radius 3 is 2.50 bits per heavy atom. The number of carbonyl (C=O) groups is 1. The summed E-state index contributed by atoms with van der Waals surface area (Å²) in [7, 11) is 0. The molecule has 1 atom stereocenters. The highest BCUT2D eigenvalue weighted by Crippen LogP contribution is 2.23. The largest absolute Gasteiger partial charge is 0.344 e. The van der Waals surface area contributed by atoms with Crippen molar-refractivity contribution >= 4 is 49.4 Å². The van der Waals surface area contributed by atoms with Crippen molar-refractivity contribution in [3.63, 3.8) is 0 Å². The molecule has 0 aliphatic rings. The van der Waals surface area contributed by atoms with Gasteiger partial charge in [0.2, 0.25) is 0 Å². The van der Waals surface area contributed by atoms with E-state index in [4.69, 9.17) is 11.6 Å². The Labute approximate surface area is 139 Å². The van der Waals surface area contributed by atoms with Gasteiger partial charge in [-0.15, -0.1) is 0 Å². The number of halogens is 3. The Balaban J connectivity index is 2.17. The average molecular weight is 418 g/mol. The number of alkyl halides is 1. The van der Waals surface area contributed by atoms with Crippen molar-refractivity contribution in [1.82, 2.24) is 5.32 Å². The molecule has 0 aliphatic heterocycles. The maximum absolute atomic E-state index is 12.3. The van der Waals surface area contributed by atoms with Gasteiger partial charge in [0.25, 0.3) is 5.91 Å². The molecule has 104 valence electrons. The van der Waals surface area contributed by atoms with Crippen molar-refractivity contribution in [2.45, 2.75) is 6.04 Å². The first-order valence-electron chi connectivity index (χ1n) is 5.98. The smallest absolute Gasteiger partial charge is 0.253 e. The van der Waals surface area contributed by atoms with Gasteiger partial charge in [0.15, 0.2) is 0 Å². The second-order valence-electron chi connectivity index (χ2n) is 4.22. The second kappa shape index (κ2) is 7.25. The topological polar surface area (TPSA) is 29.1 Å². The molecule has 0 aliphatic carbocycles. The fourth-order valence-electron chi connectivity index (χ4n) is 1.81. The van der Waals surface area contributed by atoms with E-state index in [-0.39, 0.29) is 11.9 Å². The van der Waals surface area contributed by atoms with E-state index in [0.29, 0.717) is 15.9 Å². The van der Waals surface area contributed by atoms with E-state index in [1.165, 1.54) is 0 Å². The molecule has 1 amide bonds. The number of nitrogens with one attached hydrogen (secondary N) is 1. The predicted molar refractivity (Wildman–Crippen MR) is 89.6 cm³/mol. The van der Waals surface area contributed by atoms with Crippen molar-refractivity contribution in [1.29, 1.82) is 0 Å². The summed E-state index contributed by atoms with van der Waals surface area (Å²) in [5, 5.41) is 4.04. The molecule has 2 aromatic carbocycles. The Kier molecular flexibility index (Phi) is 5.64. The van der Waals surface area contributed by atoms with Crippen molar-refractivity contribution in [2.75, 3.05) is 5.33 Å². The number of rotatable bonds is 4. The summed E-state index contributed by atoms with van der Waals surface area (Å²) in [6.07, 6.45) is 0. The highest BCUT2D eigenvalue weighted by molar-refractivity contribution is 9.10. The zero-order valence-electron chi connectivity index (χ0n) is 10.4. The van der Waals surface area contributed by atoms with Gasteiger partial charge in [-0.2, -0.15) is 0 Å². The normalized spacial score (nSPS) is 11.9. The van der Waals surface area contributed by atoms with E-state index in [1.807, 2.05) is 30.3 Å². The van der Waals surface area contributed by atoms with Crippen LogP contribution in [0.25, 0.3) is 0 Å². The maximum Gasteiger partial charge on any atom is 0.253 e. The third-order valence-electron chi connectivity index (χ3n) is 2.84. The van der Waals surface area contributed by atoms with Crippen LogP contribution in [0.2, 0.25) is 5.02 Å². The zero-order chi connectivity index (χ0) is 14.5. The highest BCUT2D eigenvalue weighted by Gasteiger charge is 2.16. The number of benzene rings is 2. The van der Waals surface area contributed by atoms with Gasteiger partial charge in [-0.1, -0.05) is 73.8 Å². The molecular weight excluding hydrogens is 405 g/mol. The van der Waals surface area contributed by atoms with Crippen molar-refractivity contribution in [3.8, 4) is 0 Å². The molecule has 0 aromatic heterocycles. The molecule has 0 saturated carbocycles. The summed E-state index contributed by atoms with van der Waals surface area (Å²) >= 11 is 12.8. The SMILES string of the molecule is O=C(NC(CBr)c1ccccc1)c1ccc(Br)cc1Cl. The molecule has 5 heteroatoms. The summed E-state index contributed by atoms with van der Waals surface area (Å²) in [5.41, 5.74) is 1.52. The van der Waals surface area contributed by atoms with E-state index in [2.05, 4.69) is 37.2 Å². The van der Waals surface area contributed by atoms with Gasteiger partial charge in [0.05, 0.1) is 16.6 Å². The third kappa shape index (κ3) is 3.84. The predicted octanol–water partition coefficient (Wildman–Crippen LogP) is 4.97. The van der Waals surface area contributed by atoms with Gasteiger partial charge < -0.3 is 5.32 Å². The zero-order valence-corrected chi connectivity index (χ0v) is 14.4. The van der Waals surface area contributed by atoms with Crippen LogP contribution >= 0.6 is 43.5 Å². The van der Waals surface area contributed by atoms with Crippen LogP contribution in [-0.2, 0) is 0 Å². The van der Waals surface area contributed by atoms with Crippen molar-refractivity contribution < 1.29 is 4.79 Å². The van der Waals surface area contributed by atoms with E-state index in [9.17, 15) is 4.79 Å². The standard InChI is InChI=1S/C15H12Br2ClNO/c16-9-14(10-4-2-1-3-5-10)19-15(20)12-7-6-11(17)8-13(12)18/h1-8,14H,9H2,(H,19,20). The molecule has 0 bridgehead atoms. The van der Waals surface area contributed by atoms with Crippen LogP contribution in [0.1, 0.15) is 22.0 Å². The second-order valence-corrected chi connectivity index (χ2v) is 6.19. The minimum Gasteiger partial charge on any atom is -0.344 e. The summed E-state index contributed by atoms with van der Waals surface area (Å²) < 4.78 is 0.846. The summed E-state index contributed by atoms with van der Waals surface area (Å²) in [6, 6.07) is 14.9. The molecule has 1 unspecified atom stereocenters. The molecule has 0 spiro atoms. The summed E-state index contributed by atoms with van der Waals surface area (Å²) in [4.78, 5) is 12.3. The lowest BCUT2D eigenvalue weighted by Crippen LogP contribution is -2.29. The Morgan fingerprint density at radius 2 is 1.90 bits per heavy atom. The first-order chi connectivity index (χ1) is 9.61. The Hall–Kier alpha value is -0.840. The fourth-order valence-corrected chi connectivity index (χ4v) is 3.10. The van der Waals surface area contributed by atoms with Gasteiger partial charge in [-0.05, 0) is 23.8 Å². The maximum atomic E-state index is 12.3. The van der Waals surface area contributed by atoms with Crippen LogP contribution in [0.5, 0.6) is 0 Å². The number of carbonyl (C=O) groups excluding carboxylic acids is 1. The van der Waals surface area contributed by atoms with Gasteiger partial charge >= 0.3 is 0 Å². The minimum absolute atomic E-state index is 0.0941. The third-order valence-corrected chi connectivity index (χ3v) is 4.29. The molecule has 1 N–H and O–H groups in total. The molecule has 20 heavy (non-hydrogen) atoms. The lowest BCUT2D eigenvalue weighted by molar-refractivity contribution is 0.0941. The molecular formula is C15H12Br2ClNO. The Morgan fingerprint density at radius 1 is 1.20 bits per heavy atom. The molecule has 2 nitrogen and oxygen atoms in total. The molecule has 0 saturated heterocycles. The first-order valence-corrected chi connectivity index (χ1v) is 8.28. The lowest BCUT2D eigenvalue weighted by Gasteiger charge is -2.17. The van der Waals surface area contributed by atoms with Gasteiger partial charge in [0, 0.05) is 9.80 Å². The first kappa shape index (κ1) is 15.5. The highest BCUT2D eigenvalue weighted by atomic mass is 79.9. The van der Waals surface area contributed by atoms with Crippen molar-refractivity contribution in [2.24, 2.45) is 0 Å². The fraction of sp³-hybridized carbons (Fsp3) is 0.133. The number of hydrogen-bond acceptors (Lipinski definition) is 1. The Bertz CT molecular complexity index is 604.